The summed E-state index contributed by atoms with van der Waals surface area (Å²) in [5, 5.41) is 3.06. The third-order valence-electron chi connectivity index (χ3n) is 5.00. The Morgan fingerprint density at radius 3 is 2.56 bits per heavy atom. The minimum Gasteiger partial charge on any atom is -0.345 e. The summed E-state index contributed by atoms with van der Waals surface area (Å²) in [5.74, 6) is -0.0317. The van der Waals surface area contributed by atoms with Gasteiger partial charge in [-0.25, -0.2) is 8.42 Å². The highest BCUT2D eigenvalue weighted by Gasteiger charge is 2.27. The van der Waals surface area contributed by atoms with E-state index in [-0.39, 0.29) is 17.7 Å². The summed E-state index contributed by atoms with van der Waals surface area (Å²) in [6.45, 7) is 4.37. The molecule has 1 unspecified atom stereocenters. The fourth-order valence-electron chi connectivity index (χ4n) is 3.43. The molecule has 1 atom stereocenters. The molecule has 1 heterocycles. The molecule has 2 aromatic carbocycles. The monoisotopic (exact) mass is 386 g/mol. The summed E-state index contributed by atoms with van der Waals surface area (Å²) in [4.78, 5) is 12.8. The van der Waals surface area contributed by atoms with Crippen LogP contribution in [0.15, 0.2) is 48.5 Å². The highest BCUT2D eigenvalue weighted by Crippen LogP contribution is 2.28. The van der Waals surface area contributed by atoms with Crippen LogP contribution in [0.2, 0.25) is 0 Å². The van der Waals surface area contributed by atoms with E-state index in [0.29, 0.717) is 24.2 Å². The van der Waals surface area contributed by atoms with Crippen molar-refractivity contribution >= 4 is 21.6 Å². The van der Waals surface area contributed by atoms with Gasteiger partial charge < -0.3 is 5.32 Å². The summed E-state index contributed by atoms with van der Waals surface area (Å²) < 4.78 is 26.4. The van der Waals surface area contributed by atoms with Crippen LogP contribution in [0.4, 0.5) is 5.69 Å². The number of nitrogens with one attached hydrogen (secondary N) is 1. The Balaban J connectivity index is 1.86. The molecule has 0 radical (unpaired) electrons. The number of sulfonamides is 1. The van der Waals surface area contributed by atoms with Crippen LogP contribution in [0.25, 0.3) is 0 Å². The maximum Gasteiger partial charge on any atom is 0.251 e. The molecule has 6 heteroatoms. The van der Waals surface area contributed by atoms with Crippen LogP contribution in [0.1, 0.15) is 53.7 Å². The van der Waals surface area contributed by atoms with E-state index in [1.54, 1.807) is 12.1 Å². The molecule has 1 fully saturated rings. The minimum absolute atomic E-state index is 0.0813. The summed E-state index contributed by atoms with van der Waals surface area (Å²) in [6.07, 6.45) is 2.29. The number of hydrogen-bond acceptors (Lipinski definition) is 3. The van der Waals surface area contributed by atoms with Crippen molar-refractivity contribution in [3.05, 3.63) is 65.2 Å². The second kappa shape index (κ2) is 8.13. The Hall–Kier alpha value is -2.34. The molecule has 0 saturated carbocycles. The van der Waals surface area contributed by atoms with Gasteiger partial charge in [0, 0.05) is 12.1 Å². The first-order valence-corrected chi connectivity index (χ1v) is 11.0. The molecular formula is C21H26N2O3S. The van der Waals surface area contributed by atoms with Gasteiger partial charge in [-0.1, -0.05) is 43.3 Å². The predicted octanol–water partition coefficient (Wildman–Crippen LogP) is 3.81. The van der Waals surface area contributed by atoms with E-state index in [2.05, 4.69) is 5.32 Å². The Bertz CT molecular complexity index is 910. The van der Waals surface area contributed by atoms with Crippen LogP contribution in [0.5, 0.6) is 0 Å². The molecule has 1 aliphatic rings. The molecule has 1 N–H and O–H groups in total. The standard InChI is InChI=1S/C21H26N2O3S/c1-3-19(17-9-5-4-6-10-17)22-21(24)18-12-11-16(2)20(15-18)23-13-7-8-14-27(23,25)26/h4-6,9-12,15,19H,3,7-8,13-14H2,1-2H3,(H,22,24). The fraction of sp³-hybridized carbons (Fsp3) is 0.381. The molecule has 0 aliphatic carbocycles. The van der Waals surface area contributed by atoms with Crippen LogP contribution in [-0.4, -0.2) is 26.6 Å². The SMILES string of the molecule is CCC(NC(=O)c1ccc(C)c(N2CCCCS2(=O)=O)c1)c1ccccc1. The van der Waals surface area contributed by atoms with Gasteiger partial charge in [-0.3, -0.25) is 9.10 Å². The molecule has 144 valence electrons. The van der Waals surface area contributed by atoms with E-state index in [9.17, 15) is 13.2 Å². The average molecular weight is 387 g/mol. The number of anilines is 1. The number of rotatable bonds is 5. The number of carbonyl (C=O) groups is 1. The van der Waals surface area contributed by atoms with Gasteiger partial charge in [0.05, 0.1) is 17.5 Å². The summed E-state index contributed by atoms with van der Waals surface area (Å²) >= 11 is 0. The topological polar surface area (TPSA) is 66.5 Å². The van der Waals surface area contributed by atoms with Crippen molar-refractivity contribution in [3.63, 3.8) is 0 Å². The van der Waals surface area contributed by atoms with Crippen molar-refractivity contribution in [2.45, 2.75) is 39.2 Å². The first kappa shape index (κ1) is 19.4. The molecule has 1 amide bonds. The summed E-state index contributed by atoms with van der Waals surface area (Å²) in [7, 11) is -3.31. The highest BCUT2D eigenvalue weighted by molar-refractivity contribution is 7.92. The van der Waals surface area contributed by atoms with Gasteiger partial charge in [-0.15, -0.1) is 0 Å². The van der Waals surface area contributed by atoms with Crippen LogP contribution in [-0.2, 0) is 10.0 Å². The van der Waals surface area contributed by atoms with Crippen LogP contribution in [0.3, 0.4) is 0 Å². The number of amides is 1. The lowest BCUT2D eigenvalue weighted by Gasteiger charge is -2.30. The van der Waals surface area contributed by atoms with E-state index in [1.165, 1.54) is 4.31 Å². The van der Waals surface area contributed by atoms with Crippen LogP contribution < -0.4 is 9.62 Å². The van der Waals surface area contributed by atoms with Crippen molar-refractivity contribution in [1.82, 2.24) is 5.32 Å². The second-order valence-electron chi connectivity index (χ2n) is 6.94. The normalized spacial score (nSPS) is 17.3. The number of nitrogens with zero attached hydrogens (tertiary/aromatic N) is 1. The number of carbonyl (C=O) groups excluding carboxylic acids is 1. The highest BCUT2D eigenvalue weighted by atomic mass is 32.2. The van der Waals surface area contributed by atoms with Crippen molar-refractivity contribution in [3.8, 4) is 0 Å². The Morgan fingerprint density at radius 1 is 1.15 bits per heavy atom. The number of aryl methyl sites for hydroxylation is 1. The third-order valence-corrected chi connectivity index (χ3v) is 6.86. The molecule has 5 nitrogen and oxygen atoms in total. The van der Waals surface area contributed by atoms with Crippen molar-refractivity contribution in [2.75, 3.05) is 16.6 Å². The van der Waals surface area contributed by atoms with E-state index >= 15 is 0 Å². The van der Waals surface area contributed by atoms with Crippen LogP contribution in [0, 0.1) is 6.92 Å². The van der Waals surface area contributed by atoms with Gasteiger partial charge in [0.15, 0.2) is 0 Å². The zero-order chi connectivity index (χ0) is 19.4. The van der Waals surface area contributed by atoms with Crippen molar-refractivity contribution < 1.29 is 13.2 Å². The van der Waals surface area contributed by atoms with E-state index in [1.807, 2.05) is 50.2 Å². The number of benzene rings is 2. The molecule has 3 rings (SSSR count). The van der Waals surface area contributed by atoms with Gasteiger partial charge >= 0.3 is 0 Å². The third kappa shape index (κ3) is 4.33. The Labute approximate surface area is 161 Å². The van der Waals surface area contributed by atoms with Crippen molar-refractivity contribution in [1.29, 1.82) is 0 Å². The Kier molecular flexibility index (Phi) is 5.85. The maximum atomic E-state index is 12.8. The number of hydrogen-bond donors (Lipinski definition) is 1. The largest absolute Gasteiger partial charge is 0.345 e. The zero-order valence-electron chi connectivity index (χ0n) is 15.8. The second-order valence-corrected chi connectivity index (χ2v) is 8.95. The van der Waals surface area contributed by atoms with Crippen LogP contribution >= 0.6 is 0 Å². The molecule has 0 bridgehead atoms. The van der Waals surface area contributed by atoms with Gasteiger partial charge in [0.2, 0.25) is 10.0 Å². The van der Waals surface area contributed by atoms with E-state index < -0.39 is 10.0 Å². The van der Waals surface area contributed by atoms with Crippen molar-refractivity contribution in [2.24, 2.45) is 0 Å². The molecule has 1 aliphatic heterocycles. The lowest BCUT2D eigenvalue weighted by Crippen LogP contribution is -2.38. The predicted molar refractivity (Wildman–Crippen MR) is 108 cm³/mol. The van der Waals surface area contributed by atoms with E-state index in [4.69, 9.17) is 0 Å². The van der Waals surface area contributed by atoms with Gasteiger partial charge in [0.1, 0.15) is 0 Å². The fourth-order valence-corrected chi connectivity index (χ4v) is 5.12. The molecule has 0 aromatic heterocycles. The maximum absolute atomic E-state index is 12.8. The summed E-state index contributed by atoms with van der Waals surface area (Å²) in [5.41, 5.74) is 2.99. The van der Waals surface area contributed by atoms with Gasteiger partial charge in [0.25, 0.3) is 5.91 Å². The first-order chi connectivity index (χ1) is 12.9. The lowest BCUT2D eigenvalue weighted by atomic mass is 10.0. The quantitative estimate of drug-likeness (QED) is 0.850. The minimum atomic E-state index is -3.31. The Morgan fingerprint density at radius 2 is 1.89 bits per heavy atom. The van der Waals surface area contributed by atoms with E-state index in [0.717, 1.165) is 24.0 Å². The molecule has 0 spiro atoms. The molecular weight excluding hydrogens is 360 g/mol. The first-order valence-electron chi connectivity index (χ1n) is 9.39. The molecule has 2 aromatic rings. The zero-order valence-corrected chi connectivity index (χ0v) is 16.6. The van der Waals surface area contributed by atoms with Gasteiger partial charge in [-0.2, -0.15) is 0 Å². The van der Waals surface area contributed by atoms with Gasteiger partial charge in [-0.05, 0) is 49.4 Å². The summed E-state index contributed by atoms with van der Waals surface area (Å²) in [6, 6.07) is 15.0. The smallest absolute Gasteiger partial charge is 0.251 e. The lowest BCUT2D eigenvalue weighted by molar-refractivity contribution is 0.0935. The molecule has 1 saturated heterocycles. The molecule has 27 heavy (non-hydrogen) atoms. The average Bonchev–Trinajstić information content (AvgIpc) is 2.67.